The molecule has 0 bridgehead atoms. The molecule has 1 aromatic heterocycles. The van der Waals surface area contributed by atoms with Crippen molar-refractivity contribution in [2.24, 2.45) is 0 Å². The molecule has 0 spiro atoms. The summed E-state index contributed by atoms with van der Waals surface area (Å²) in [6.07, 6.45) is 2.37. The molecule has 0 saturated carbocycles. The molecule has 0 saturated heterocycles. The highest BCUT2D eigenvalue weighted by atomic mass is 35.5. The van der Waals surface area contributed by atoms with E-state index in [1.165, 1.54) is 0 Å². The van der Waals surface area contributed by atoms with E-state index >= 15 is 0 Å². The molecular weight excluding hydrogens is 305 g/mol. The van der Waals surface area contributed by atoms with Crippen LogP contribution in [-0.4, -0.2) is 16.5 Å². The molecule has 0 fully saturated rings. The van der Waals surface area contributed by atoms with Gasteiger partial charge in [-0.2, -0.15) is 0 Å². The highest BCUT2D eigenvalue weighted by molar-refractivity contribution is 6.35. The zero-order chi connectivity index (χ0) is 14.7. The predicted octanol–water partition coefficient (Wildman–Crippen LogP) is 4.59. The van der Waals surface area contributed by atoms with Gasteiger partial charge in [0, 0.05) is 22.0 Å². The third kappa shape index (κ3) is 3.26. The van der Waals surface area contributed by atoms with Gasteiger partial charge in [0.2, 0.25) is 0 Å². The minimum Gasteiger partial charge on any atom is -0.369 e. The van der Waals surface area contributed by atoms with Crippen LogP contribution < -0.4 is 5.32 Å². The lowest BCUT2D eigenvalue weighted by atomic mass is 10.1. The van der Waals surface area contributed by atoms with E-state index < -0.39 is 0 Å². The van der Waals surface area contributed by atoms with Gasteiger partial charge in [-0.3, -0.25) is 0 Å². The normalized spacial score (nSPS) is 10.8. The lowest BCUT2D eigenvalue weighted by molar-refractivity contribution is 1.01. The number of hydrogen-bond acceptors (Lipinski definition) is 3. The average Bonchev–Trinajstić information content (AvgIpc) is 2.50. The second-order valence-electron chi connectivity index (χ2n) is 4.65. The quantitative estimate of drug-likeness (QED) is 0.764. The summed E-state index contributed by atoms with van der Waals surface area (Å²) in [5.74, 6) is 0.839. The smallest absolute Gasteiger partial charge is 0.137 e. The number of halogens is 2. The molecule has 0 amide bonds. The van der Waals surface area contributed by atoms with E-state index in [1.54, 1.807) is 12.4 Å². The molecule has 1 N–H and O–H groups in total. The molecule has 3 aromatic rings. The van der Waals surface area contributed by atoms with Crippen LogP contribution >= 0.6 is 23.2 Å². The van der Waals surface area contributed by atoms with Crippen LogP contribution in [0.4, 0.5) is 5.82 Å². The highest BCUT2D eigenvalue weighted by Gasteiger charge is 2.04. The summed E-state index contributed by atoms with van der Waals surface area (Å²) < 4.78 is 0. The average molecular weight is 318 g/mol. The van der Waals surface area contributed by atoms with Crippen molar-refractivity contribution in [3.05, 3.63) is 64.4 Å². The number of para-hydroxylation sites is 1. The fraction of sp³-hybridized carbons (Fsp3) is 0.125. The van der Waals surface area contributed by atoms with Gasteiger partial charge in [-0.25, -0.2) is 9.97 Å². The topological polar surface area (TPSA) is 37.8 Å². The summed E-state index contributed by atoms with van der Waals surface area (Å²) in [6.45, 7) is 0.738. The van der Waals surface area contributed by atoms with E-state index in [2.05, 4.69) is 15.3 Å². The highest BCUT2D eigenvalue weighted by Crippen LogP contribution is 2.22. The molecule has 0 atom stereocenters. The Labute approximate surface area is 132 Å². The molecule has 3 rings (SSSR count). The number of rotatable bonds is 4. The second-order valence-corrected chi connectivity index (χ2v) is 5.50. The van der Waals surface area contributed by atoms with Crippen molar-refractivity contribution in [3.63, 3.8) is 0 Å². The molecular formula is C16H13Cl2N3. The Balaban J connectivity index is 1.72. The van der Waals surface area contributed by atoms with Crippen molar-refractivity contribution >= 4 is 39.9 Å². The minimum absolute atomic E-state index is 0.651. The molecule has 5 heteroatoms. The van der Waals surface area contributed by atoms with Gasteiger partial charge in [-0.05, 0) is 36.2 Å². The van der Waals surface area contributed by atoms with Crippen molar-refractivity contribution in [3.8, 4) is 0 Å². The van der Waals surface area contributed by atoms with Gasteiger partial charge in [0.25, 0.3) is 0 Å². The van der Waals surface area contributed by atoms with Crippen LogP contribution in [0, 0.1) is 0 Å². The molecule has 21 heavy (non-hydrogen) atoms. The van der Waals surface area contributed by atoms with Crippen LogP contribution in [-0.2, 0) is 6.42 Å². The van der Waals surface area contributed by atoms with Crippen molar-refractivity contribution < 1.29 is 0 Å². The minimum atomic E-state index is 0.651. The summed E-state index contributed by atoms with van der Waals surface area (Å²) in [4.78, 5) is 8.54. The third-order valence-corrected chi connectivity index (χ3v) is 3.83. The van der Waals surface area contributed by atoms with E-state index in [9.17, 15) is 0 Å². The summed E-state index contributed by atoms with van der Waals surface area (Å²) in [5.41, 5.74) is 1.99. The van der Waals surface area contributed by atoms with Gasteiger partial charge in [-0.15, -0.1) is 0 Å². The van der Waals surface area contributed by atoms with Gasteiger partial charge in [0.05, 0.1) is 5.52 Å². The summed E-state index contributed by atoms with van der Waals surface area (Å²) in [7, 11) is 0. The van der Waals surface area contributed by atoms with Crippen LogP contribution in [0.15, 0.2) is 48.8 Å². The van der Waals surface area contributed by atoms with Gasteiger partial charge < -0.3 is 5.32 Å². The maximum absolute atomic E-state index is 6.17. The third-order valence-electron chi connectivity index (χ3n) is 3.24. The first-order chi connectivity index (χ1) is 10.2. The number of nitrogens with zero attached hydrogens (tertiary/aromatic N) is 2. The summed E-state index contributed by atoms with van der Waals surface area (Å²) in [5, 5.41) is 5.69. The largest absolute Gasteiger partial charge is 0.369 e. The van der Waals surface area contributed by atoms with Crippen molar-refractivity contribution in [1.29, 1.82) is 0 Å². The number of anilines is 1. The second kappa shape index (κ2) is 6.29. The van der Waals surface area contributed by atoms with Crippen LogP contribution in [0.25, 0.3) is 10.9 Å². The standard InChI is InChI=1S/C16H13Cl2N3/c17-12-6-5-11(14(18)9-12)7-8-19-16-13-3-1-2-4-15(13)20-10-21-16/h1-6,9-10H,7-8H2,(H,19,20,21). The Bertz CT molecular complexity index is 769. The maximum atomic E-state index is 6.17. The monoisotopic (exact) mass is 317 g/mol. The number of benzene rings is 2. The molecule has 0 aliphatic carbocycles. The Morgan fingerprint density at radius 1 is 1.00 bits per heavy atom. The Hall–Kier alpha value is -1.84. The van der Waals surface area contributed by atoms with Crippen LogP contribution in [0.1, 0.15) is 5.56 Å². The molecule has 0 aliphatic heterocycles. The number of nitrogens with one attached hydrogen (secondary N) is 1. The molecule has 0 radical (unpaired) electrons. The SMILES string of the molecule is Clc1ccc(CCNc2ncnc3ccccc23)c(Cl)c1. The first-order valence-electron chi connectivity index (χ1n) is 6.61. The van der Waals surface area contributed by atoms with Crippen molar-refractivity contribution in [1.82, 2.24) is 9.97 Å². The van der Waals surface area contributed by atoms with Crippen molar-refractivity contribution in [2.75, 3.05) is 11.9 Å². The zero-order valence-corrected chi connectivity index (χ0v) is 12.7. The van der Waals surface area contributed by atoms with E-state index in [0.29, 0.717) is 10.0 Å². The lowest BCUT2D eigenvalue weighted by Crippen LogP contribution is -2.07. The van der Waals surface area contributed by atoms with Gasteiger partial charge in [0.15, 0.2) is 0 Å². The maximum Gasteiger partial charge on any atom is 0.137 e. The molecule has 0 unspecified atom stereocenters. The van der Waals surface area contributed by atoms with E-state index in [1.807, 2.05) is 36.4 Å². The van der Waals surface area contributed by atoms with Gasteiger partial charge >= 0.3 is 0 Å². The number of hydrogen-bond donors (Lipinski definition) is 1. The Kier molecular flexibility index (Phi) is 4.23. The van der Waals surface area contributed by atoms with Gasteiger partial charge in [0.1, 0.15) is 12.1 Å². The zero-order valence-electron chi connectivity index (χ0n) is 11.2. The fourth-order valence-electron chi connectivity index (χ4n) is 2.19. The molecule has 1 heterocycles. The van der Waals surface area contributed by atoms with Crippen LogP contribution in [0.2, 0.25) is 10.0 Å². The first-order valence-corrected chi connectivity index (χ1v) is 7.37. The van der Waals surface area contributed by atoms with Gasteiger partial charge in [-0.1, -0.05) is 41.4 Å². The predicted molar refractivity (Wildman–Crippen MR) is 88.2 cm³/mol. The van der Waals surface area contributed by atoms with Crippen molar-refractivity contribution in [2.45, 2.75) is 6.42 Å². The molecule has 106 valence electrons. The number of fused-ring (bicyclic) bond motifs is 1. The van der Waals surface area contributed by atoms with E-state index in [-0.39, 0.29) is 0 Å². The Morgan fingerprint density at radius 2 is 1.86 bits per heavy atom. The Morgan fingerprint density at radius 3 is 2.71 bits per heavy atom. The van der Waals surface area contributed by atoms with Crippen LogP contribution in [0.5, 0.6) is 0 Å². The van der Waals surface area contributed by atoms with Crippen LogP contribution in [0.3, 0.4) is 0 Å². The number of aromatic nitrogens is 2. The van der Waals surface area contributed by atoms with E-state index in [4.69, 9.17) is 23.2 Å². The first kappa shape index (κ1) is 14.1. The molecule has 2 aromatic carbocycles. The van der Waals surface area contributed by atoms with E-state index in [0.717, 1.165) is 35.2 Å². The lowest BCUT2D eigenvalue weighted by Gasteiger charge is -2.09. The summed E-state index contributed by atoms with van der Waals surface area (Å²) >= 11 is 12.1. The summed E-state index contributed by atoms with van der Waals surface area (Å²) in [6, 6.07) is 13.5. The fourth-order valence-corrected chi connectivity index (χ4v) is 2.69. The molecule has 3 nitrogen and oxygen atoms in total. The molecule has 0 aliphatic rings.